The van der Waals surface area contributed by atoms with Crippen molar-refractivity contribution >= 4 is 11.8 Å². The summed E-state index contributed by atoms with van der Waals surface area (Å²) in [4.78, 5) is 33.0. The molecule has 204 valence electrons. The highest BCUT2D eigenvalue weighted by atomic mass is 19.1. The van der Waals surface area contributed by atoms with Crippen molar-refractivity contribution in [1.82, 2.24) is 14.7 Å². The summed E-state index contributed by atoms with van der Waals surface area (Å²) in [5, 5.41) is 0. The van der Waals surface area contributed by atoms with Gasteiger partial charge in [0.1, 0.15) is 17.3 Å². The number of aryl methyl sites for hydroxylation is 1. The van der Waals surface area contributed by atoms with Gasteiger partial charge in [-0.1, -0.05) is 38.8 Å². The van der Waals surface area contributed by atoms with Crippen LogP contribution < -0.4 is 0 Å². The maximum Gasteiger partial charge on any atom is 0.242 e. The minimum absolute atomic E-state index is 0.00663. The number of unbranched alkanes of at least 4 members (excludes halogenated alkanes) is 1. The van der Waals surface area contributed by atoms with Crippen LogP contribution in [0, 0.1) is 18.7 Å². The van der Waals surface area contributed by atoms with Gasteiger partial charge in [-0.05, 0) is 49.6 Å². The molecule has 1 aromatic heterocycles. The van der Waals surface area contributed by atoms with E-state index in [0.717, 1.165) is 50.1 Å². The number of halogens is 1. The molecule has 1 fully saturated rings. The first kappa shape index (κ1) is 28.9. The molecule has 7 nitrogen and oxygen atoms in total. The minimum atomic E-state index is -0.319. The van der Waals surface area contributed by atoms with Crippen LogP contribution in [-0.2, 0) is 27.4 Å². The van der Waals surface area contributed by atoms with Crippen LogP contribution >= 0.6 is 0 Å². The molecule has 2 heterocycles. The van der Waals surface area contributed by atoms with E-state index < -0.39 is 0 Å². The fourth-order valence-corrected chi connectivity index (χ4v) is 4.63. The summed E-state index contributed by atoms with van der Waals surface area (Å²) in [6.45, 7) is 10.9. The largest absolute Gasteiger partial charge is 0.464 e. The van der Waals surface area contributed by atoms with E-state index in [2.05, 4.69) is 11.8 Å². The lowest BCUT2D eigenvalue weighted by molar-refractivity contribution is -0.144. The van der Waals surface area contributed by atoms with E-state index in [-0.39, 0.29) is 36.6 Å². The molecular weight excluding hydrogens is 473 g/mol. The first-order valence-electron chi connectivity index (χ1n) is 13.6. The summed E-state index contributed by atoms with van der Waals surface area (Å²) in [5.41, 5.74) is 0.818. The van der Waals surface area contributed by atoms with Gasteiger partial charge in [-0.15, -0.1) is 0 Å². The Hall–Kier alpha value is -2.71. The summed E-state index contributed by atoms with van der Waals surface area (Å²) in [7, 11) is 0. The zero-order valence-corrected chi connectivity index (χ0v) is 22.6. The zero-order valence-electron chi connectivity index (χ0n) is 22.6. The maximum absolute atomic E-state index is 13.7. The summed E-state index contributed by atoms with van der Waals surface area (Å²) in [6.07, 6.45) is 3.61. The van der Waals surface area contributed by atoms with E-state index in [1.807, 2.05) is 26.0 Å². The number of amides is 2. The summed E-state index contributed by atoms with van der Waals surface area (Å²) >= 11 is 0. The van der Waals surface area contributed by atoms with Gasteiger partial charge in [0.25, 0.3) is 0 Å². The van der Waals surface area contributed by atoms with Crippen LogP contribution in [0.25, 0.3) is 0 Å². The van der Waals surface area contributed by atoms with Crippen molar-refractivity contribution < 1.29 is 23.1 Å². The van der Waals surface area contributed by atoms with Crippen LogP contribution in [0.2, 0.25) is 0 Å². The average Bonchev–Trinajstić information content (AvgIpc) is 3.32. The monoisotopic (exact) mass is 515 g/mol. The molecule has 0 saturated carbocycles. The lowest BCUT2D eigenvalue weighted by Gasteiger charge is -2.33. The fraction of sp³-hybridized carbons (Fsp3) is 0.586. The van der Waals surface area contributed by atoms with E-state index >= 15 is 0 Å². The molecule has 0 aliphatic carbocycles. The van der Waals surface area contributed by atoms with Gasteiger partial charge in [0.2, 0.25) is 11.8 Å². The van der Waals surface area contributed by atoms with Gasteiger partial charge < -0.3 is 19.0 Å². The highest BCUT2D eigenvalue weighted by Gasteiger charge is 2.27. The van der Waals surface area contributed by atoms with Gasteiger partial charge in [0.05, 0.1) is 26.3 Å². The van der Waals surface area contributed by atoms with E-state index in [4.69, 9.17) is 9.15 Å². The van der Waals surface area contributed by atoms with Gasteiger partial charge >= 0.3 is 0 Å². The van der Waals surface area contributed by atoms with Crippen LogP contribution in [0.5, 0.6) is 0 Å². The summed E-state index contributed by atoms with van der Waals surface area (Å²) in [6, 6.07) is 9.89. The molecule has 1 atom stereocenters. The zero-order chi connectivity index (χ0) is 26.6. The van der Waals surface area contributed by atoms with Crippen molar-refractivity contribution in [2.45, 2.75) is 59.5 Å². The van der Waals surface area contributed by atoms with Gasteiger partial charge in [-0.2, -0.15) is 0 Å². The third-order valence-electron chi connectivity index (χ3n) is 6.96. The second-order valence-corrected chi connectivity index (χ2v) is 9.85. The van der Waals surface area contributed by atoms with Crippen LogP contribution in [0.15, 0.2) is 40.8 Å². The van der Waals surface area contributed by atoms with E-state index in [1.165, 1.54) is 12.1 Å². The number of ether oxygens (including phenoxy) is 1. The second kappa shape index (κ2) is 14.9. The number of morpholine rings is 1. The van der Waals surface area contributed by atoms with Crippen LogP contribution in [0.1, 0.15) is 56.6 Å². The highest BCUT2D eigenvalue weighted by molar-refractivity contribution is 5.86. The Kier molecular flexibility index (Phi) is 11.6. The van der Waals surface area contributed by atoms with Gasteiger partial charge in [-0.25, -0.2) is 4.39 Å². The molecule has 8 heteroatoms. The Bertz CT molecular complexity index is 972. The topological polar surface area (TPSA) is 66.2 Å². The van der Waals surface area contributed by atoms with Crippen molar-refractivity contribution in [2.24, 2.45) is 5.92 Å². The molecule has 37 heavy (non-hydrogen) atoms. The van der Waals surface area contributed by atoms with Crippen molar-refractivity contribution in [1.29, 1.82) is 0 Å². The smallest absolute Gasteiger partial charge is 0.242 e. The molecule has 2 amide bonds. The Balaban J connectivity index is 1.77. The maximum atomic E-state index is 13.7. The first-order chi connectivity index (χ1) is 17.9. The molecule has 1 aromatic carbocycles. The van der Waals surface area contributed by atoms with E-state index in [1.54, 1.807) is 21.9 Å². The number of hydrogen-bond donors (Lipinski definition) is 0. The first-order valence-corrected chi connectivity index (χ1v) is 13.6. The van der Waals surface area contributed by atoms with Crippen LogP contribution in [-0.4, -0.2) is 72.5 Å². The van der Waals surface area contributed by atoms with Gasteiger partial charge in [-0.3, -0.25) is 14.5 Å². The third-order valence-corrected chi connectivity index (χ3v) is 6.96. The summed E-state index contributed by atoms with van der Waals surface area (Å²) in [5.74, 6) is 0.936. The number of hydrogen-bond acceptors (Lipinski definition) is 5. The standard InChI is InChI=1S/C29H42FN3O4/c1-4-6-7-25(5-2)29(35)32(15-14-31-16-18-36-19-17-31)22-28(34)33(21-27-13-8-23(3)37-27)20-24-9-11-26(30)12-10-24/h8-13,25H,4-7,14-22H2,1-3H3/t25-/m1/s1. The number of carbonyl (C=O) groups excluding carboxylic acids is 2. The van der Waals surface area contributed by atoms with Gasteiger partial charge in [0.15, 0.2) is 0 Å². The number of carbonyl (C=O) groups is 2. The third kappa shape index (κ3) is 9.27. The Morgan fingerprint density at radius 1 is 1.03 bits per heavy atom. The predicted octanol–water partition coefficient (Wildman–Crippen LogP) is 4.63. The Labute approximate surface area is 220 Å². The second-order valence-electron chi connectivity index (χ2n) is 9.85. The predicted molar refractivity (Wildman–Crippen MR) is 141 cm³/mol. The summed E-state index contributed by atoms with van der Waals surface area (Å²) < 4.78 is 24.7. The molecule has 0 bridgehead atoms. The van der Waals surface area contributed by atoms with Crippen molar-refractivity contribution in [2.75, 3.05) is 45.9 Å². The van der Waals surface area contributed by atoms with Crippen molar-refractivity contribution in [3.8, 4) is 0 Å². The van der Waals surface area contributed by atoms with E-state index in [9.17, 15) is 14.0 Å². The molecule has 0 N–H and O–H groups in total. The molecule has 0 unspecified atom stereocenters. The quantitative estimate of drug-likeness (QED) is 0.367. The fourth-order valence-electron chi connectivity index (χ4n) is 4.63. The minimum Gasteiger partial charge on any atom is -0.464 e. The molecular formula is C29H42FN3O4. The number of nitrogens with zero attached hydrogens (tertiary/aromatic N) is 3. The van der Waals surface area contributed by atoms with Crippen molar-refractivity contribution in [3.05, 3.63) is 59.3 Å². The Morgan fingerprint density at radius 3 is 2.38 bits per heavy atom. The molecule has 2 aromatic rings. The molecule has 1 saturated heterocycles. The van der Waals surface area contributed by atoms with E-state index in [0.29, 0.717) is 38.6 Å². The number of rotatable bonds is 14. The van der Waals surface area contributed by atoms with Crippen molar-refractivity contribution in [3.63, 3.8) is 0 Å². The molecule has 3 rings (SSSR count). The average molecular weight is 516 g/mol. The normalized spacial score (nSPS) is 14.9. The van der Waals surface area contributed by atoms with Crippen LogP contribution in [0.3, 0.4) is 0 Å². The highest BCUT2D eigenvalue weighted by Crippen LogP contribution is 2.18. The molecule has 0 spiro atoms. The van der Waals surface area contributed by atoms with Gasteiger partial charge in [0, 0.05) is 38.6 Å². The van der Waals surface area contributed by atoms with Crippen LogP contribution in [0.4, 0.5) is 4.39 Å². The molecule has 1 aliphatic rings. The molecule has 1 aliphatic heterocycles. The lowest BCUT2D eigenvalue weighted by atomic mass is 9.97. The number of furan rings is 1. The molecule has 0 radical (unpaired) electrons. The number of benzene rings is 1. The lowest BCUT2D eigenvalue weighted by Crippen LogP contribution is -2.48. The Morgan fingerprint density at radius 2 is 1.76 bits per heavy atom. The SMILES string of the molecule is CCCC[C@@H](CC)C(=O)N(CCN1CCOCC1)CC(=O)N(Cc1ccc(F)cc1)Cc1ccc(C)o1.